The van der Waals surface area contributed by atoms with E-state index in [1.165, 1.54) is 0 Å². The molecule has 3 N–H and O–H groups in total. The Labute approximate surface area is 94.8 Å². The summed E-state index contributed by atoms with van der Waals surface area (Å²) in [6.07, 6.45) is 0.811. The van der Waals surface area contributed by atoms with E-state index < -0.39 is 0 Å². The van der Waals surface area contributed by atoms with Crippen molar-refractivity contribution < 1.29 is 9.53 Å². The van der Waals surface area contributed by atoms with E-state index in [-0.39, 0.29) is 17.9 Å². The second-order valence-electron chi connectivity index (χ2n) is 3.96. The number of ether oxygens (including phenoxy) is 1. The molecule has 2 unspecified atom stereocenters. The molecule has 2 atom stereocenters. The van der Waals surface area contributed by atoms with E-state index in [4.69, 9.17) is 10.5 Å². The SMILES string of the molecule is NC1CC1C(=O)NCCOc1ccccc1. The first kappa shape index (κ1) is 11.0. The van der Waals surface area contributed by atoms with Crippen molar-refractivity contribution >= 4 is 5.91 Å². The summed E-state index contributed by atoms with van der Waals surface area (Å²) in [4.78, 5) is 11.4. The number of nitrogens with one attached hydrogen (secondary N) is 1. The highest BCUT2D eigenvalue weighted by Gasteiger charge is 2.39. The maximum Gasteiger partial charge on any atom is 0.224 e. The molecule has 0 radical (unpaired) electrons. The lowest BCUT2D eigenvalue weighted by molar-refractivity contribution is -0.122. The average Bonchev–Trinajstić information content (AvgIpc) is 3.03. The fourth-order valence-corrected chi connectivity index (χ4v) is 1.51. The van der Waals surface area contributed by atoms with Crippen LogP contribution in [0.4, 0.5) is 0 Å². The minimum absolute atomic E-state index is 0.0247. The minimum atomic E-state index is 0.0247. The molecule has 1 saturated carbocycles. The zero-order valence-electron chi connectivity index (χ0n) is 9.06. The fourth-order valence-electron chi connectivity index (χ4n) is 1.51. The van der Waals surface area contributed by atoms with Gasteiger partial charge in [0.25, 0.3) is 0 Å². The number of carbonyl (C=O) groups is 1. The molecular formula is C12H16N2O2. The number of benzene rings is 1. The molecule has 0 spiro atoms. The zero-order valence-corrected chi connectivity index (χ0v) is 9.06. The number of para-hydroxylation sites is 1. The van der Waals surface area contributed by atoms with Crippen molar-refractivity contribution in [1.82, 2.24) is 5.32 Å². The van der Waals surface area contributed by atoms with Crippen LogP contribution >= 0.6 is 0 Å². The molecule has 4 heteroatoms. The molecular weight excluding hydrogens is 204 g/mol. The third-order valence-corrected chi connectivity index (χ3v) is 2.59. The van der Waals surface area contributed by atoms with Crippen LogP contribution in [0, 0.1) is 5.92 Å². The van der Waals surface area contributed by atoms with E-state index in [9.17, 15) is 4.79 Å². The Bertz CT molecular complexity index is 353. The molecule has 16 heavy (non-hydrogen) atoms. The summed E-state index contributed by atoms with van der Waals surface area (Å²) in [6, 6.07) is 9.60. The number of rotatable bonds is 5. The van der Waals surface area contributed by atoms with Gasteiger partial charge >= 0.3 is 0 Å². The van der Waals surface area contributed by atoms with E-state index in [2.05, 4.69) is 5.32 Å². The number of amides is 1. The van der Waals surface area contributed by atoms with Crippen LogP contribution in [0.3, 0.4) is 0 Å². The number of hydrogen-bond donors (Lipinski definition) is 2. The van der Waals surface area contributed by atoms with Gasteiger partial charge in [0.05, 0.1) is 12.5 Å². The smallest absolute Gasteiger partial charge is 0.224 e. The Hall–Kier alpha value is -1.55. The molecule has 86 valence electrons. The van der Waals surface area contributed by atoms with Crippen molar-refractivity contribution in [3.8, 4) is 5.75 Å². The topological polar surface area (TPSA) is 64.4 Å². The first-order valence-electron chi connectivity index (χ1n) is 5.48. The lowest BCUT2D eigenvalue weighted by Crippen LogP contribution is -2.31. The van der Waals surface area contributed by atoms with Gasteiger partial charge in [0.2, 0.25) is 5.91 Å². The lowest BCUT2D eigenvalue weighted by Gasteiger charge is -2.07. The highest BCUT2D eigenvalue weighted by atomic mass is 16.5. The molecule has 1 aromatic rings. The molecule has 1 aliphatic rings. The van der Waals surface area contributed by atoms with Crippen LogP contribution in [0.2, 0.25) is 0 Å². The van der Waals surface area contributed by atoms with Crippen molar-refractivity contribution in [2.45, 2.75) is 12.5 Å². The van der Waals surface area contributed by atoms with Crippen LogP contribution in [-0.2, 0) is 4.79 Å². The molecule has 1 fully saturated rings. The predicted octanol–water partition coefficient (Wildman–Crippen LogP) is 0.529. The second-order valence-corrected chi connectivity index (χ2v) is 3.96. The first-order valence-corrected chi connectivity index (χ1v) is 5.48. The normalized spacial score (nSPS) is 22.6. The standard InChI is InChI=1S/C12H16N2O2/c13-11-8-10(11)12(15)14-6-7-16-9-4-2-1-3-5-9/h1-5,10-11H,6-8,13H2,(H,14,15). The molecule has 2 rings (SSSR count). The Balaban J connectivity index is 1.60. The van der Waals surface area contributed by atoms with E-state index in [0.717, 1.165) is 12.2 Å². The molecule has 0 bridgehead atoms. The van der Waals surface area contributed by atoms with Gasteiger partial charge in [-0.15, -0.1) is 0 Å². The molecule has 4 nitrogen and oxygen atoms in total. The third-order valence-electron chi connectivity index (χ3n) is 2.59. The van der Waals surface area contributed by atoms with Crippen molar-refractivity contribution in [3.63, 3.8) is 0 Å². The Morgan fingerprint density at radius 2 is 2.12 bits per heavy atom. The highest BCUT2D eigenvalue weighted by molar-refractivity contribution is 5.82. The molecule has 1 aromatic carbocycles. The van der Waals surface area contributed by atoms with Crippen LogP contribution in [0.15, 0.2) is 30.3 Å². The van der Waals surface area contributed by atoms with Crippen LogP contribution in [0.25, 0.3) is 0 Å². The van der Waals surface area contributed by atoms with Crippen LogP contribution < -0.4 is 15.8 Å². The molecule has 1 amide bonds. The van der Waals surface area contributed by atoms with Crippen molar-refractivity contribution in [1.29, 1.82) is 0 Å². The number of hydrogen-bond acceptors (Lipinski definition) is 3. The zero-order chi connectivity index (χ0) is 11.4. The summed E-state index contributed by atoms with van der Waals surface area (Å²) in [5.74, 6) is 0.890. The van der Waals surface area contributed by atoms with Crippen molar-refractivity contribution in [2.24, 2.45) is 11.7 Å². The summed E-state index contributed by atoms with van der Waals surface area (Å²) in [7, 11) is 0. The van der Waals surface area contributed by atoms with E-state index >= 15 is 0 Å². The summed E-state index contributed by atoms with van der Waals surface area (Å²) in [6.45, 7) is 1.01. The van der Waals surface area contributed by atoms with Gasteiger partial charge in [0.1, 0.15) is 12.4 Å². The van der Waals surface area contributed by atoms with Crippen molar-refractivity contribution in [3.05, 3.63) is 30.3 Å². The third kappa shape index (κ3) is 2.97. The molecule has 1 aliphatic carbocycles. The fraction of sp³-hybridized carbons (Fsp3) is 0.417. The lowest BCUT2D eigenvalue weighted by atomic mass is 10.3. The Morgan fingerprint density at radius 3 is 2.75 bits per heavy atom. The number of nitrogens with two attached hydrogens (primary N) is 1. The van der Waals surface area contributed by atoms with E-state index in [0.29, 0.717) is 13.2 Å². The number of carbonyl (C=O) groups excluding carboxylic acids is 1. The maximum atomic E-state index is 11.4. The van der Waals surface area contributed by atoms with E-state index in [1.54, 1.807) is 0 Å². The molecule has 0 saturated heterocycles. The predicted molar refractivity (Wildman–Crippen MR) is 61.0 cm³/mol. The van der Waals surface area contributed by atoms with Gasteiger partial charge in [-0.3, -0.25) is 4.79 Å². The Morgan fingerprint density at radius 1 is 1.44 bits per heavy atom. The van der Waals surface area contributed by atoms with Gasteiger partial charge in [-0.05, 0) is 18.6 Å². The second kappa shape index (κ2) is 4.99. The maximum absolute atomic E-state index is 11.4. The first-order chi connectivity index (χ1) is 7.77. The van der Waals surface area contributed by atoms with Gasteiger partial charge in [0, 0.05) is 6.04 Å². The van der Waals surface area contributed by atoms with Gasteiger partial charge in [-0.1, -0.05) is 18.2 Å². The molecule has 0 aliphatic heterocycles. The monoisotopic (exact) mass is 220 g/mol. The van der Waals surface area contributed by atoms with Gasteiger partial charge in [-0.2, -0.15) is 0 Å². The Kier molecular flexibility index (Phi) is 3.41. The van der Waals surface area contributed by atoms with Crippen LogP contribution in [0.1, 0.15) is 6.42 Å². The van der Waals surface area contributed by atoms with Crippen LogP contribution in [0.5, 0.6) is 5.75 Å². The highest BCUT2D eigenvalue weighted by Crippen LogP contribution is 2.27. The average molecular weight is 220 g/mol. The largest absolute Gasteiger partial charge is 0.492 e. The summed E-state index contributed by atoms with van der Waals surface area (Å²) in [5.41, 5.74) is 5.57. The molecule has 0 heterocycles. The summed E-state index contributed by atoms with van der Waals surface area (Å²) in [5, 5.41) is 2.80. The van der Waals surface area contributed by atoms with Gasteiger partial charge in [0.15, 0.2) is 0 Å². The quantitative estimate of drug-likeness (QED) is 0.711. The van der Waals surface area contributed by atoms with Crippen LogP contribution in [-0.4, -0.2) is 25.1 Å². The minimum Gasteiger partial charge on any atom is -0.492 e. The van der Waals surface area contributed by atoms with Gasteiger partial charge in [-0.25, -0.2) is 0 Å². The summed E-state index contributed by atoms with van der Waals surface area (Å²) < 4.78 is 5.44. The van der Waals surface area contributed by atoms with E-state index in [1.807, 2.05) is 30.3 Å². The molecule has 0 aromatic heterocycles. The summed E-state index contributed by atoms with van der Waals surface area (Å²) >= 11 is 0. The van der Waals surface area contributed by atoms with Crippen molar-refractivity contribution in [2.75, 3.05) is 13.2 Å². The van der Waals surface area contributed by atoms with Gasteiger partial charge < -0.3 is 15.8 Å².